The van der Waals surface area contributed by atoms with Crippen LogP contribution in [0.3, 0.4) is 0 Å². The molecule has 0 aliphatic heterocycles. The molecule has 106 valence electrons. The molecule has 0 unspecified atom stereocenters. The van der Waals surface area contributed by atoms with Crippen molar-refractivity contribution in [2.45, 2.75) is 13.3 Å². The fourth-order valence-corrected chi connectivity index (χ4v) is 2.72. The molecule has 0 fully saturated rings. The van der Waals surface area contributed by atoms with Crippen LogP contribution in [-0.4, -0.2) is 21.3 Å². The molecule has 3 aromatic rings. The minimum atomic E-state index is 0.0723. The van der Waals surface area contributed by atoms with E-state index in [2.05, 4.69) is 40.7 Å². The standard InChI is InChI=1S/C18H18N2O/c1-14-15-8-2-3-10-17(15)20(16(14)9-5-7-13-21)18-11-4-6-12-19-18/h2-8,10-12,21H,9,13H2,1H3/b7-5+. The van der Waals surface area contributed by atoms with Crippen LogP contribution in [0.5, 0.6) is 0 Å². The Kier molecular flexibility index (Phi) is 3.84. The summed E-state index contributed by atoms with van der Waals surface area (Å²) in [6.07, 6.45) is 6.37. The van der Waals surface area contributed by atoms with Crippen molar-refractivity contribution in [1.29, 1.82) is 0 Å². The van der Waals surface area contributed by atoms with Crippen molar-refractivity contribution in [3.63, 3.8) is 0 Å². The number of aliphatic hydroxyl groups is 1. The summed E-state index contributed by atoms with van der Waals surface area (Å²) >= 11 is 0. The molecule has 1 N–H and O–H groups in total. The number of allylic oxidation sites excluding steroid dienone is 1. The molecule has 1 aromatic carbocycles. The zero-order valence-corrected chi connectivity index (χ0v) is 12.0. The van der Waals surface area contributed by atoms with E-state index in [4.69, 9.17) is 5.11 Å². The number of pyridine rings is 1. The molecule has 0 bridgehead atoms. The molecule has 3 heteroatoms. The number of aromatic nitrogens is 2. The normalized spacial score (nSPS) is 11.5. The van der Waals surface area contributed by atoms with E-state index in [0.717, 1.165) is 12.2 Å². The third kappa shape index (κ3) is 2.48. The van der Waals surface area contributed by atoms with Crippen molar-refractivity contribution in [2.24, 2.45) is 0 Å². The molecule has 0 spiro atoms. The van der Waals surface area contributed by atoms with Gasteiger partial charge in [0, 0.05) is 23.7 Å². The van der Waals surface area contributed by atoms with Gasteiger partial charge in [0.1, 0.15) is 5.82 Å². The Hall–Kier alpha value is -2.39. The fourth-order valence-electron chi connectivity index (χ4n) is 2.72. The van der Waals surface area contributed by atoms with E-state index in [1.807, 2.05) is 30.5 Å². The van der Waals surface area contributed by atoms with Crippen LogP contribution in [0.4, 0.5) is 0 Å². The van der Waals surface area contributed by atoms with Crippen molar-refractivity contribution in [3.8, 4) is 5.82 Å². The van der Waals surface area contributed by atoms with Crippen molar-refractivity contribution in [2.75, 3.05) is 6.61 Å². The lowest BCUT2D eigenvalue weighted by molar-refractivity contribution is 0.342. The summed E-state index contributed by atoms with van der Waals surface area (Å²) in [6.45, 7) is 2.22. The van der Waals surface area contributed by atoms with Gasteiger partial charge in [-0.1, -0.05) is 36.4 Å². The van der Waals surface area contributed by atoms with Gasteiger partial charge in [-0.2, -0.15) is 0 Å². The smallest absolute Gasteiger partial charge is 0.137 e. The second-order valence-corrected chi connectivity index (χ2v) is 4.97. The molecule has 0 atom stereocenters. The summed E-state index contributed by atoms with van der Waals surface area (Å²) in [6, 6.07) is 14.3. The number of para-hydroxylation sites is 1. The molecule has 0 radical (unpaired) electrons. The van der Waals surface area contributed by atoms with Crippen LogP contribution < -0.4 is 0 Å². The summed E-state index contributed by atoms with van der Waals surface area (Å²) in [5.41, 5.74) is 3.64. The minimum absolute atomic E-state index is 0.0723. The molecule has 0 amide bonds. The van der Waals surface area contributed by atoms with Gasteiger partial charge in [-0.3, -0.25) is 4.57 Å². The quantitative estimate of drug-likeness (QED) is 0.743. The third-order valence-corrected chi connectivity index (χ3v) is 3.71. The molecule has 2 heterocycles. The van der Waals surface area contributed by atoms with Crippen molar-refractivity contribution >= 4 is 10.9 Å². The molecule has 3 nitrogen and oxygen atoms in total. The number of hydrogen-bond acceptors (Lipinski definition) is 2. The molecule has 0 saturated carbocycles. The Balaban J connectivity index is 2.24. The first-order valence-electron chi connectivity index (χ1n) is 7.09. The van der Waals surface area contributed by atoms with Crippen LogP contribution in [0.2, 0.25) is 0 Å². The Morgan fingerprint density at radius 1 is 1.10 bits per heavy atom. The number of fused-ring (bicyclic) bond motifs is 1. The highest BCUT2D eigenvalue weighted by molar-refractivity contribution is 5.86. The van der Waals surface area contributed by atoms with Gasteiger partial charge < -0.3 is 5.11 Å². The Bertz CT molecular complexity index is 773. The van der Waals surface area contributed by atoms with Gasteiger partial charge >= 0.3 is 0 Å². The first kappa shape index (κ1) is 13.6. The molecular weight excluding hydrogens is 260 g/mol. The number of rotatable bonds is 4. The van der Waals surface area contributed by atoms with Gasteiger partial charge in [0.05, 0.1) is 12.1 Å². The molecular formula is C18H18N2O. The first-order chi connectivity index (χ1) is 10.3. The molecule has 0 saturated heterocycles. The molecule has 2 aromatic heterocycles. The SMILES string of the molecule is Cc1c(C/C=C/CO)n(-c2ccccn2)c2ccccc12. The highest BCUT2D eigenvalue weighted by Crippen LogP contribution is 2.28. The highest BCUT2D eigenvalue weighted by Gasteiger charge is 2.14. The summed E-state index contributed by atoms with van der Waals surface area (Å²) in [7, 11) is 0. The average molecular weight is 278 g/mol. The summed E-state index contributed by atoms with van der Waals surface area (Å²) in [4.78, 5) is 4.49. The monoisotopic (exact) mass is 278 g/mol. The number of hydrogen-bond donors (Lipinski definition) is 1. The largest absolute Gasteiger partial charge is 0.392 e. The summed E-state index contributed by atoms with van der Waals surface area (Å²) in [5, 5.41) is 10.2. The van der Waals surface area contributed by atoms with Crippen molar-refractivity contribution in [3.05, 3.63) is 72.1 Å². The van der Waals surface area contributed by atoms with Gasteiger partial charge in [0.15, 0.2) is 0 Å². The van der Waals surface area contributed by atoms with Crippen LogP contribution >= 0.6 is 0 Å². The average Bonchev–Trinajstić information content (AvgIpc) is 2.82. The van der Waals surface area contributed by atoms with Gasteiger partial charge in [-0.05, 0) is 30.7 Å². The topological polar surface area (TPSA) is 38.0 Å². The van der Waals surface area contributed by atoms with Crippen LogP contribution in [0.1, 0.15) is 11.3 Å². The second-order valence-electron chi connectivity index (χ2n) is 4.97. The summed E-state index contributed by atoms with van der Waals surface area (Å²) < 4.78 is 2.20. The highest BCUT2D eigenvalue weighted by atomic mass is 16.2. The summed E-state index contributed by atoms with van der Waals surface area (Å²) in [5.74, 6) is 0.925. The van der Waals surface area contributed by atoms with Crippen molar-refractivity contribution in [1.82, 2.24) is 9.55 Å². The predicted octanol–water partition coefficient (Wildman–Crippen LogP) is 3.42. The first-order valence-corrected chi connectivity index (χ1v) is 7.09. The molecule has 0 aliphatic rings. The lowest BCUT2D eigenvalue weighted by atomic mass is 10.1. The maximum atomic E-state index is 8.93. The molecule has 3 rings (SSSR count). The lowest BCUT2D eigenvalue weighted by Gasteiger charge is -2.09. The molecule has 0 aliphatic carbocycles. The van der Waals surface area contributed by atoms with Gasteiger partial charge in [0.2, 0.25) is 0 Å². The minimum Gasteiger partial charge on any atom is -0.392 e. The Labute approximate surface area is 124 Å². The van der Waals surface area contributed by atoms with E-state index in [-0.39, 0.29) is 6.61 Å². The fraction of sp³-hybridized carbons (Fsp3) is 0.167. The van der Waals surface area contributed by atoms with Crippen molar-refractivity contribution < 1.29 is 5.11 Å². The van der Waals surface area contributed by atoms with E-state index in [1.165, 1.54) is 22.2 Å². The van der Waals surface area contributed by atoms with Gasteiger partial charge in [-0.15, -0.1) is 0 Å². The van der Waals surface area contributed by atoms with E-state index in [0.29, 0.717) is 0 Å². The predicted molar refractivity (Wildman–Crippen MR) is 85.7 cm³/mol. The maximum Gasteiger partial charge on any atom is 0.137 e. The van der Waals surface area contributed by atoms with E-state index in [9.17, 15) is 0 Å². The maximum absolute atomic E-state index is 8.93. The number of aliphatic hydroxyl groups excluding tert-OH is 1. The van der Waals surface area contributed by atoms with Gasteiger partial charge in [-0.25, -0.2) is 4.98 Å². The van der Waals surface area contributed by atoms with Crippen LogP contribution in [-0.2, 0) is 6.42 Å². The molecule has 21 heavy (non-hydrogen) atoms. The second kappa shape index (κ2) is 5.94. The number of nitrogens with zero attached hydrogens (tertiary/aromatic N) is 2. The Morgan fingerprint density at radius 3 is 2.67 bits per heavy atom. The zero-order chi connectivity index (χ0) is 14.7. The number of benzene rings is 1. The van der Waals surface area contributed by atoms with Crippen LogP contribution in [0, 0.1) is 6.92 Å². The third-order valence-electron chi connectivity index (χ3n) is 3.71. The van der Waals surface area contributed by atoms with Crippen LogP contribution in [0.15, 0.2) is 60.8 Å². The Morgan fingerprint density at radius 2 is 1.90 bits per heavy atom. The van der Waals surface area contributed by atoms with E-state index in [1.54, 1.807) is 6.08 Å². The zero-order valence-electron chi connectivity index (χ0n) is 12.0. The van der Waals surface area contributed by atoms with E-state index < -0.39 is 0 Å². The number of aryl methyl sites for hydroxylation is 1. The van der Waals surface area contributed by atoms with Crippen LogP contribution in [0.25, 0.3) is 16.7 Å². The van der Waals surface area contributed by atoms with E-state index >= 15 is 0 Å². The van der Waals surface area contributed by atoms with Gasteiger partial charge in [0.25, 0.3) is 0 Å². The lowest BCUT2D eigenvalue weighted by Crippen LogP contribution is -2.02.